The standard InChI is InChI=1S/C16H17BrN2O/c1-4-12-8-13(17)16(20)15(9-12)19-18-14-7-10(2)5-6-11(14)3/h5-9,20H,4H2,1-3H3. The van der Waals surface area contributed by atoms with Crippen LogP contribution in [-0.2, 0) is 6.42 Å². The lowest BCUT2D eigenvalue weighted by Crippen LogP contribution is -1.81. The summed E-state index contributed by atoms with van der Waals surface area (Å²) in [4.78, 5) is 0. The number of halogens is 1. The average molecular weight is 333 g/mol. The number of aromatic hydroxyl groups is 1. The predicted octanol–water partition coefficient (Wildman–Crippen LogP) is 5.75. The van der Waals surface area contributed by atoms with Crippen LogP contribution in [0.25, 0.3) is 0 Å². The molecular formula is C16H17BrN2O. The van der Waals surface area contributed by atoms with Gasteiger partial charge in [0, 0.05) is 0 Å². The molecule has 0 saturated heterocycles. The summed E-state index contributed by atoms with van der Waals surface area (Å²) in [6.45, 7) is 6.07. The molecule has 2 aromatic carbocycles. The molecule has 4 heteroatoms. The highest BCUT2D eigenvalue weighted by Gasteiger charge is 2.07. The summed E-state index contributed by atoms with van der Waals surface area (Å²) in [5.41, 5.74) is 4.60. The van der Waals surface area contributed by atoms with Gasteiger partial charge in [-0.3, -0.25) is 0 Å². The number of aryl methyl sites for hydroxylation is 3. The van der Waals surface area contributed by atoms with E-state index in [-0.39, 0.29) is 5.75 Å². The van der Waals surface area contributed by atoms with Crippen molar-refractivity contribution in [1.82, 2.24) is 0 Å². The number of benzene rings is 2. The molecule has 0 aromatic heterocycles. The minimum Gasteiger partial charge on any atom is -0.505 e. The summed E-state index contributed by atoms with van der Waals surface area (Å²) < 4.78 is 0.645. The number of rotatable bonds is 3. The number of hydrogen-bond donors (Lipinski definition) is 1. The summed E-state index contributed by atoms with van der Waals surface area (Å²) in [5.74, 6) is 0.122. The molecule has 0 fully saturated rings. The molecule has 0 aliphatic rings. The van der Waals surface area contributed by atoms with Gasteiger partial charge in [0.05, 0.1) is 10.2 Å². The first kappa shape index (κ1) is 14.7. The number of phenolic OH excluding ortho intramolecular Hbond substituents is 1. The molecule has 0 radical (unpaired) electrons. The Morgan fingerprint density at radius 3 is 2.45 bits per heavy atom. The maximum absolute atomic E-state index is 10.0. The second-order valence-electron chi connectivity index (χ2n) is 4.79. The fraction of sp³-hybridized carbons (Fsp3) is 0.250. The van der Waals surface area contributed by atoms with Gasteiger partial charge in [0.1, 0.15) is 5.69 Å². The van der Waals surface area contributed by atoms with Crippen LogP contribution in [0.3, 0.4) is 0 Å². The van der Waals surface area contributed by atoms with Crippen molar-refractivity contribution >= 4 is 27.3 Å². The van der Waals surface area contributed by atoms with E-state index in [2.05, 4.69) is 33.1 Å². The van der Waals surface area contributed by atoms with Gasteiger partial charge in [0.25, 0.3) is 0 Å². The van der Waals surface area contributed by atoms with Crippen LogP contribution in [0.15, 0.2) is 45.0 Å². The van der Waals surface area contributed by atoms with Crippen molar-refractivity contribution in [1.29, 1.82) is 0 Å². The first-order valence-corrected chi connectivity index (χ1v) is 7.31. The number of azo groups is 1. The number of nitrogens with zero attached hydrogens (tertiary/aromatic N) is 2. The van der Waals surface area contributed by atoms with E-state index in [1.165, 1.54) is 0 Å². The molecule has 0 atom stereocenters. The zero-order valence-electron chi connectivity index (χ0n) is 11.8. The van der Waals surface area contributed by atoms with Crippen LogP contribution in [0.5, 0.6) is 5.75 Å². The second kappa shape index (κ2) is 6.18. The Labute approximate surface area is 127 Å². The van der Waals surface area contributed by atoms with Crippen LogP contribution < -0.4 is 0 Å². The lowest BCUT2D eigenvalue weighted by atomic mass is 10.1. The van der Waals surface area contributed by atoms with Gasteiger partial charge in [-0.15, -0.1) is 5.11 Å². The van der Waals surface area contributed by atoms with Crippen molar-refractivity contribution in [2.45, 2.75) is 27.2 Å². The van der Waals surface area contributed by atoms with Crippen LogP contribution in [-0.4, -0.2) is 5.11 Å². The van der Waals surface area contributed by atoms with Crippen LogP contribution in [0, 0.1) is 13.8 Å². The lowest BCUT2D eigenvalue weighted by Gasteiger charge is -2.05. The van der Waals surface area contributed by atoms with E-state index < -0.39 is 0 Å². The first-order chi connectivity index (χ1) is 9.51. The average Bonchev–Trinajstić information content (AvgIpc) is 2.43. The third-order valence-electron chi connectivity index (χ3n) is 3.14. The summed E-state index contributed by atoms with van der Waals surface area (Å²) in [6, 6.07) is 9.79. The Morgan fingerprint density at radius 1 is 1.05 bits per heavy atom. The van der Waals surface area contributed by atoms with Crippen molar-refractivity contribution in [3.8, 4) is 5.75 Å². The normalized spacial score (nSPS) is 11.2. The van der Waals surface area contributed by atoms with E-state index >= 15 is 0 Å². The predicted molar refractivity (Wildman–Crippen MR) is 85.3 cm³/mol. The van der Waals surface area contributed by atoms with Crippen LogP contribution in [0.4, 0.5) is 11.4 Å². The van der Waals surface area contributed by atoms with E-state index in [0.717, 1.165) is 28.8 Å². The molecule has 2 rings (SSSR count). The fourth-order valence-electron chi connectivity index (χ4n) is 1.85. The van der Waals surface area contributed by atoms with E-state index in [0.29, 0.717) is 10.2 Å². The van der Waals surface area contributed by atoms with E-state index in [1.54, 1.807) is 0 Å². The summed E-state index contributed by atoms with van der Waals surface area (Å²) in [5, 5.41) is 18.5. The Hall–Kier alpha value is -1.68. The molecule has 0 amide bonds. The molecule has 0 heterocycles. The van der Waals surface area contributed by atoms with Crippen molar-refractivity contribution in [3.05, 3.63) is 51.5 Å². The van der Waals surface area contributed by atoms with Crippen LogP contribution >= 0.6 is 15.9 Å². The zero-order valence-corrected chi connectivity index (χ0v) is 13.4. The maximum Gasteiger partial charge on any atom is 0.157 e. The monoisotopic (exact) mass is 332 g/mol. The molecule has 20 heavy (non-hydrogen) atoms. The van der Waals surface area contributed by atoms with E-state index in [9.17, 15) is 5.11 Å². The quantitative estimate of drug-likeness (QED) is 0.714. The molecule has 3 nitrogen and oxygen atoms in total. The Morgan fingerprint density at radius 2 is 1.75 bits per heavy atom. The lowest BCUT2D eigenvalue weighted by molar-refractivity contribution is 0.473. The molecule has 0 spiro atoms. The maximum atomic E-state index is 10.0. The Bertz CT molecular complexity index is 666. The van der Waals surface area contributed by atoms with E-state index in [4.69, 9.17) is 0 Å². The Kier molecular flexibility index (Phi) is 4.55. The molecule has 1 N–H and O–H groups in total. The number of phenols is 1. The van der Waals surface area contributed by atoms with Crippen LogP contribution in [0.2, 0.25) is 0 Å². The van der Waals surface area contributed by atoms with Crippen LogP contribution in [0.1, 0.15) is 23.6 Å². The number of hydrogen-bond acceptors (Lipinski definition) is 3. The van der Waals surface area contributed by atoms with Gasteiger partial charge in [-0.2, -0.15) is 5.11 Å². The largest absolute Gasteiger partial charge is 0.505 e. The minimum absolute atomic E-state index is 0.122. The first-order valence-electron chi connectivity index (χ1n) is 6.51. The highest BCUT2D eigenvalue weighted by molar-refractivity contribution is 9.10. The summed E-state index contributed by atoms with van der Waals surface area (Å²) >= 11 is 3.34. The SMILES string of the molecule is CCc1cc(Br)c(O)c(N=Nc2cc(C)ccc2C)c1. The summed E-state index contributed by atoms with van der Waals surface area (Å²) in [6.07, 6.45) is 0.880. The Balaban J connectivity index is 2.41. The molecule has 0 aliphatic heterocycles. The van der Waals surface area contributed by atoms with Gasteiger partial charge in [-0.1, -0.05) is 19.1 Å². The van der Waals surface area contributed by atoms with Gasteiger partial charge in [0.15, 0.2) is 5.75 Å². The molecule has 0 bridgehead atoms. The zero-order chi connectivity index (χ0) is 14.7. The molecule has 0 saturated carbocycles. The smallest absolute Gasteiger partial charge is 0.157 e. The summed E-state index contributed by atoms with van der Waals surface area (Å²) in [7, 11) is 0. The molecule has 2 aromatic rings. The van der Waals surface area contributed by atoms with Gasteiger partial charge in [0.2, 0.25) is 0 Å². The van der Waals surface area contributed by atoms with Gasteiger partial charge >= 0.3 is 0 Å². The molecule has 0 aliphatic carbocycles. The molecular weight excluding hydrogens is 316 g/mol. The van der Waals surface area contributed by atoms with Gasteiger partial charge in [-0.05, 0) is 71.1 Å². The van der Waals surface area contributed by atoms with Crippen molar-refractivity contribution in [3.63, 3.8) is 0 Å². The van der Waals surface area contributed by atoms with Crippen molar-refractivity contribution in [2.24, 2.45) is 10.2 Å². The second-order valence-corrected chi connectivity index (χ2v) is 5.64. The highest BCUT2D eigenvalue weighted by Crippen LogP contribution is 2.37. The van der Waals surface area contributed by atoms with Gasteiger partial charge < -0.3 is 5.11 Å². The van der Waals surface area contributed by atoms with E-state index in [1.807, 2.05) is 44.2 Å². The molecule has 0 unspecified atom stereocenters. The molecule has 104 valence electrons. The minimum atomic E-state index is 0.122. The third kappa shape index (κ3) is 3.25. The highest BCUT2D eigenvalue weighted by atomic mass is 79.9. The third-order valence-corrected chi connectivity index (χ3v) is 3.75. The van der Waals surface area contributed by atoms with Crippen molar-refractivity contribution < 1.29 is 5.11 Å². The fourth-order valence-corrected chi connectivity index (χ4v) is 2.35. The topological polar surface area (TPSA) is 45.0 Å². The van der Waals surface area contributed by atoms with Gasteiger partial charge in [-0.25, -0.2) is 0 Å². The van der Waals surface area contributed by atoms with Crippen molar-refractivity contribution in [2.75, 3.05) is 0 Å².